The van der Waals surface area contributed by atoms with Gasteiger partial charge in [-0.15, -0.1) is 22.7 Å². The number of benzene rings is 3. The van der Waals surface area contributed by atoms with Crippen molar-refractivity contribution in [3.8, 4) is 20.9 Å². The summed E-state index contributed by atoms with van der Waals surface area (Å²) >= 11 is 3.30. The summed E-state index contributed by atoms with van der Waals surface area (Å²) in [6.07, 6.45) is 0. The van der Waals surface area contributed by atoms with Crippen LogP contribution in [-0.2, 0) is 0 Å². The second kappa shape index (κ2) is 7.01. The molecule has 30 heavy (non-hydrogen) atoms. The van der Waals surface area contributed by atoms with Crippen LogP contribution in [0.15, 0.2) is 72.8 Å². The van der Waals surface area contributed by atoms with Crippen molar-refractivity contribution < 1.29 is 9.85 Å². The molecule has 3 aromatic carbocycles. The van der Waals surface area contributed by atoms with E-state index in [0.29, 0.717) is 0 Å². The topological polar surface area (TPSA) is 86.3 Å². The van der Waals surface area contributed by atoms with E-state index in [1.807, 2.05) is 0 Å². The quantitative estimate of drug-likeness (QED) is 0.221. The van der Waals surface area contributed by atoms with Gasteiger partial charge in [-0.05, 0) is 59.7 Å². The minimum atomic E-state index is -0.399. The van der Waals surface area contributed by atoms with E-state index in [1.165, 1.54) is 24.3 Å². The van der Waals surface area contributed by atoms with Crippen LogP contribution < -0.4 is 0 Å². The number of hydrogen-bond donors (Lipinski definition) is 0. The summed E-state index contributed by atoms with van der Waals surface area (Å²) in [6, 6.07) is 21.6. The molecule has 8 heteroatoms. The molecule has 0 saturated heterocycles. The molecular weight excluding hydrogens is 420 g/mol. The third-order valence-corrected chi connectivity index (χ3v) is 7.22. The summed E-state index contributed by atoms with van der Waals surface area (Å²) in [5.74, 6) is 0. The Morgan fingerprint density at radius 3 is 1.27 bits per heavy atom. The molecule has 0 radical (unpaired) electrons. The van der Waals surface area contributed by atoms with E-state index in [4.69, 9.17) is 0 Å². The van der Waals surface area contributed by atoms with Gasteiger partial charge in [-0.25, -0.2) is 0 Å². The van der Waals surface area contributed by atoms with Gasteiger partial charge in [0.2, 0.25) is 0 Å². The molecule has 0 aliphatic rings. The molecule has 146 valence electrons. The van der Waals surface area contributed by atoms with Crippen LogP contribution in [0.2, 0.25) is 0 Å². The van der Waals surface area contributed by atoms with Crippen molar-refractivity contribution in [3.63, 3.8) is 0 Å². The predicted molar refractivity (Wildman–Crippen MR) is 121 cm³/mol. The van der Waals surface area contributed by atoms with E-state index in [9.17, 15) is 20.2 Å². The summed E-state index contributed by atoms with van der Waals surface area (Å²) in [4.78, 5) is 23.1. The Bertz CT molecular complexity index is 1320. The summed E-state index contributed by atoms with van der Waals surface area (Å²) in [5, 5.41) is 24.0. The van der Waals surface area contributed by atoms with Crippen LogP contribution in [0.4, 0.5) is 11.4 Å². The zero-order valence-electron chi connectivity index (χ0n) is 15.3. The lowest BCUT2D eigenvalue weighted by Crippen LogP contribution is -1.86. The molecule has 0 saturated carbocycles. The van der Waals surface area contributed by atoms with Gasteiger partial charge < -0.3 is 0 Å². The summed E-state index contributed by atoms with van der Waals surface area (Å²) in [5.41, 5.74) is 2.04. The lowest BCUT2D eigenvalue weighted by Gasteiger charge is -1.96. The van der Waals surface area contributed by atoms with Crippen LogP contribution in [0.25, 0.3) is 41.1 Å². The van der Waals surface area contributed by atoms with Gasteiger partial charge >= 0.3 is 0 Å². The third kappa shape index (κ3) is 3.12. The lowest BCUT2D eigenvalue weighted by molar-refractivity contribution is -0.385. The first-order valence-electron chi connectivity index (χ1n) is 8.95. The standard InChI is InChI=1S/C22H12N2O4S2/c25-23(26)15-5-1-13(2-6-15)21-11-17-18-12-22(30-20(18)10-9-19(17)29-21)14-3-7-16(8-4-14)24(27)28/h1-12H. The lowest BCUT2D eigenvalue weighted by atomic mass is 10.1. The minimum absolute atomic E-state index is 0.0767. The molecule has 0 spiro atoms. The maximum Gasteiger partial charge on any atom is 0.269 e. The van der Waals surface area contributed by atoms with E-state index in [2.05, 4.69) is 24.3 Å². The molecule has 0 unspecified atom stereocenters. The van der Waals surface area contributed by atoms with E-state index < -0.39 is 9.85 Å². The molecule has 0 aliphatic carbocycles. The molecule has 5 rings (SSSR count). The van der Waals surface area contributed by atoms with Crippen LogP contribution in [-0.4, -0.2) is 9.85 Å². The monoisotopic (exact) mass is 432 g/mol. The highest BCUT2D eigenvalue weighted by Gasteiger charge is 2.13. The molecule has 0 atom stereocenters. The Hall–Kier alpha value is -3.62. The average Bonchev–Trinajstić information content (AvgIpc) is 3.38. The fourth-order valence-corrected chi connectivity index (χ4v) is 5.57. The van der Waals surface area contributed by atoms with Crippen molar-refractivity contribution >= 4 is 54.2 Å². The predicted octanol–water partition coefficient (Wildman–Crippen LogP) is 7.27. The Morgan fingerprint density at radius 2 is 0.933 bits per heavy atom. The largest absolute Gasteiger partial charge is 0.269 e. The zero-order chi connectivity index (χ0) is 20.8. The maximum atomic E-state index is 10.9. The van der Waals surface area contributed by atoms with Crippen molar-refractivity contribution in [2.75, 3.05) is 0 Å². The molecule has 0 amide bonds. The number of nitrogens with zero attached hydrogens (tertiary/aromatic N) is 2. The van der Waals surface area contributed by atoms with E-state index in [-0.39, 0.29) is 11.4 Å². The van der Waals surface area contributed by atoms with Crippen LogP contribution in [0, 0.1) is 20.2 Å². The van der Waals surface area contributed by atoms with Gasteiger partial charge in [0.25, 0.3) is 11.4 Å². The normalized spacial score (nSPS) is 11.2. The zero-order valence-corrected chi connectivity index (χ0v) is 16.9. The van der Waals surface area contributed by atoms with E-state index >= 15 is 0 Å². The molecule has 0 bridgehead atoms. The molecule has 5 aromatic rings. The first kappa shape index (κ1) is 18.4. The fourth-order valence-electron chi connectivity index (χ4n) is 3.41. The van der Waals surface area contributed by atoms with Gasteiger partial charge in [0, 0.05) is 54.2 Å². The number of nitro benzene ring substituents is 2. The van der Waals surface area contributed by atoms with Crippen LogP contribution in [0.1, 0.15) is 0 Å². The van der Waals surface area contributed by atoms with Crippen molar-refractivity contribution in [1.82, 2.24) is 0 Å². The molecule has 0 aliphatic heterocycles. The molecule has 2 aromatic heterocycles. The average molecular weight is 432 g/mol. The number of non-ortho nitro benzene ring substituents is 2. The van der Waals surface area contributed by atoms with Crippen LogP contribution in [0.5, 0.6) is 0 Å². The molecule has 6 nitrogen and oxygen atoms in total. The van der Waals surface area contributed by atoms with Crippen molar-refractivity contribution in [2.45, 2.75) is 0 Å². The number of nitro groups is 2. The summed E-state index contributed by atoms with van der Waals surface area (Å²) in [7, 11) is 0. The van der Waals surface area contributed by atoms with E-state index in [0.717, 1.165) is 41.1 Å². The van der Waals surface area contributed by atoms with Gasteiger partial charge in [0.05, 0.1) is 9.85 Å². The number of thiophene rings is 2. The van der Waals surface area contributed by atoms with Crippen molar-refractivity contribution in [2.24, 2.45) is 0 Å². The second-order valence-electron chi connectivity index (χ2n) is 6.72. The van der Waals surface area contributed by atoms with Gasteiger partial charge in [0.15, 0.2) is 0 Å². The summed E-state index contributed by atoms with van der Waals surface area (Å²) < 4.78 is 2.29. The Balaban J connectivity index is 1.58. The molecular formula is C22H12N2O4S2. The number of fused-ring (bicyclic) bond motifs is 3. The van der Waals surface area contributed by atoms with Crippen LogP contribution in [0.3, 0.4) is 0 Å². The third-order valence-electron chi connectivity index (χ3n) is 4.92. The maximum absolute atomic E-state index is 10.9. The first-order chi connectivity index (χ1) is 14.5. The Kier molecular flexibility index (Phi) is 4.30. The summed E-state index contributed by atoms with van der Waals surface area (Å²) in [6.45, 7) is 0. The molecule has 2 heterocycles. The highest BCUT2D eigenvalue weighted by molar-refractivity contribution is 7.24. The fraction of sp³-hybridized carbons (Fsp3) is 0. The van der Waals surface area contributed by atoms with Crippen LogP contribution >= 0.6 is 22.7 Å². The highest BCUT2D eigenvalue weighted by Crippen LogP contribution is 2.42. The van der Waals surface area contributed by atoms with Gasteiger partial charge in [0.1, 0.15) is 0 Å². The van der Waals surface area contributed by atoms with Gasteiger partial charge in [-0.2, -0.15) is 0 Å². The number of rotatable bonds is 4. The minimum Gasteiger partial charge on any atom is -0.258 e. The first-order valence-corrected chi connectivity index (χ1v) is 10.6. The highest BCUT2D eigenvalue weighted by atomic mass is 32.1. The Labute approximate surface area is 177 Å². The van der Waals surface area contributed by atoms with Gasteiger partial charge in [-0.3, -0.25) is 20.2 Å². The van der Waals surface area contributed by atoms with Crippen molar-refractivity contribution in [3.05, 3.63) is 93.0 Å². The smallest absolute Gasteiger partial charge is 0.258 e. The number of hydrogen-bond acceptors (Lipinski definition) is 6. The molecule has 0 fully saturated rings. The van der Waals surface area contributed by atoms with Gasteiger partial charge in [-0.1, -0.05) is 0 Å². The van der Waals surface area contributed by atoms with Crippen molar-refractivity contribution in [1.29, 1.82) is 0 Å². The second-order valence-corrected chi connectivity index (χ2v) is 8.89. The van der Waals surface area contributed by atoms with E-state index in [1.54, 1.807) is 46.9 Å². The Morgan fingerprint density at radius 1 is 0.567 bits per heavy atom. The SMILES string of the molecule is O=[N+]([O-])c1ccc(-c2cc3c(ccc4sc(-c5ccc([N+](=O)[O-])cc5)cc43)s2)cc1. The molecule has 0 N–H and O–H groups in total.